The molecule has 0 saturated carbocycles. The average Bonchev–Trinajstić information content (AvgIpc) is 3.11. The number of anilines is 1. The second-order valence-corrected chi connectivity index (χ2v) is 6.94. The minimum Gasteiger partial charge on any atom is -0.455 e. The van der Waals surface area contributed by atoms with Crippen molar-refractivity contribution >= 4 is 28.9 Å². The van der Waals surface area contributed by atoms with Crippen molar-refractivity contribution < 1.29 is 32.0 Å². The minimum atomic E-state index is -3.29. The van der Waals surface area contributed by atoms with E-state index < -0.39 is 51.8 Å². The number of hydrogen-bond donors (Lipinski definition) is 1. The molecule has 0 bridgehead atoms. The third kappa shape index (κ3) is 5.37. The Morgan fingerprint density at radius 3 is 2.52 bits per heavy atom. The average molecular weight is 488 g/mol. The Kier molecular flexibility index (Phi) is 7.11. The summed E-state index contributed by atoms with van der Waals surface area (Å²) in [4.78, 5) is 27.0. The summed E-state index contributed by atoms with van der Waals surface area (Å²) in [5.74, 6) is -0.726. The smallest absolute Gasteiger partial charge is 0.283 e. The number of pyridine rings is 1. The molecule has 33 heavy (non-hydrogen) atoms. The van der Waals surface area contributed by atoms with Crippen LogP contribution >= 0.6 is 11.6 Å². The minimum absolute atomic E-state index is 0.0180. The maximum Gasteiger partial charge on any atom is 0.283 e. The van der Waals surface area contributed by atoms with E-state index in [4.69, 9.17) is 16.3 Å². The molecule has 1 N–H and O–H groups in total. The lowest BCUT2D eigenvalue weighted by molar-refractivity contribution is -0.384. The molecule has 1 unspecified atom stereocenters. The lowest BCUT2D eigenvalue weighted by atomic mass is 10.2. The van der Waals surface area contributed by atoms with Crippen molar-refractivity contribution in [2.24, 2.45) is 0 Å². The molecule has 0 aliphatic heterocycles. The van der Waals surface area contributed by atoms with Crippen LogP contribution in [0.1, 0.15) is 37.2 Å². The molecule has 0 aliphatic carbocycles. The van der Waals surface area contributed by atoms with E-state index in [0.29, 0.717) is 4.68 Å². The Morgan fingerprint density at radius 1 is 1.21 bits per heavy atom. The van der Waals surface area contributed by atoms with Crippen molar-refractivity contribution in [3.8, 4) is 11.5 Å². The first-order chi connectivity index (χ1) is 15.6. The van der Waals surface area contributed by atoms with Crippen molar-refractivity contribution in [3.63, 3.8) is 0 Å². The second kappa shape index (κ2) is 9.81. The molecule has 1 amide bonds. The predicted molar refractivity (Wildman–Crippen MR) is 108 cm³/mol. The molecule has 0 spiro atoms. The summed E-state index contributed by atoms with van der Waals surface area (Å²) < 4.78 is 58.8. The Balaban J connectivity index is 1.91. The highest BCUT2D eigenvalue weighted by Crippen LogP contribution is 2.36. The molecule has 2 aromatic heterocycles. The topological polar surface area (TPSA) is 112 Å². The molecule has 14 heteroatoms. The van der Waals surface area contributed by atoms with Gasteiger partial charge in [0.15, 0.2) is 0 Å². The first kappa shape index (κ1) is 23.9. The fourth-order valence-corrected chi connectivity index (χ4v) is 3.09. The van der Waals surface area contributed by atoms with Gasteiger partial charge in [0.05, 0.1) is 27.9 Å². The van der Waals surface area contributed by atoms with Gasteiger partial charge in [-0.25, -0.2) is 22.2 Å². The van der Waals surface area contributed by atoms with Crippen molar-refractivity contribution in [3.05, 3.63) is 69.3 Å². The van der Waals surface area contributed by atoms with Crippen LogP contribution in [0, 0.1) is 10.1 Å². The molecule has 1 atom stereocenters. The quantitative estimate of drug-likeness (QED) is 0.247. The third-order valence-corrected chi connectivity index (χ3v) is 4.70. The number of alkyl halides is 4. The van der Waals surface area contributed by atoms with Gasteiger partial charge in [-0.2, -0.15) is 5.10 Å². The molecule has 0 saturated heterocycles. The molecule has 0 radical (unpaired) electrons. The third-order valence-electron chi connectivity index (χ3n) is 4.31. The van der Waals surface area contributed by atoms with E-state index in [9.17, 15) is 32.5 Å². The number of ether oxygens (including phenoxy) is 1. The van der Waals surface area contributed by atoms with Gasteiger partial charge in [0, 0.05) is 18.3 Å². The van der Waals surface area contributed by atoms with Crippen LogP contribution in [0.3, 0.4) is 0 Å². The Bertz CT molecular complexity index is 1180. The van der Waals surface area contributed by atoms with Gasteiger partial charge in [-0.05, 0) is 19.1 Å². The van der Waals surface area contributed by atoms with E-state index in [1.165, 1.54) is 18.5 Å². The predicted octanol–water partition coefficient (Wildman–Crippen LogP) is 5.71. The number of nitrogens with zero attached hydrogens (tertiary/aromatic N) is 4. The molecule has 0 fully saturated rings. The maximum absolute atomic E-state index is 13.4. The number of carbonyl (C=O) groups excluding carboxylic acids is 1. The Morgan fingerprint density at radius 2 is 1.94 bits per heavy atom. The number of aromatic nitrogens is 3. The molecule has 3 aromatic rings. The zero-order valence-corrected chi connectivity index (χ0v) is 17.3. The van der Waals surface area contributed by atoms with E-state index in [0.717, 1.165) is 19.1 Å². The highest BCUT2D eigenvalue weighted by atomic mass is 35.5. The number of non-ortho nitro benzene ring substituents is 1. The van der Waals surface area contributed by atoms with Gasteiger partial charge >= 0.3 is 0 Å². The van der Waals surface area contributed by atoms with Gasteiger partial charge in [-0.3, -0.25) is 19.9 Å². The van der Waals surface area contributed by atoms with Crippen LogP contribution in [0.5, 0.6) is 11.5 Å². The van der Waals surface area contributed by atoms with Crippen LogP contribution < -0.4 is 10.1 Å². The lowest BCUT2D eigenvalue weighted by Crippen LogP contribution is -2.26. The molecular formula is C19H14ClF4N5O4. The van der Waals surface area contributed by atoms with Crippen LogP contribution in [-0.4, -0.2) is 25.6 Å². The van der Waals surface area contributed by atoms with Crippen molar-refractivity contribution in [2.45, 2.75) is 25.8 Å². The maximum atomic E-state index is 13.4. The van der Waals surface area contributed by atoms with E-state index in [1.54, 1.807) is 12.1 Å². The molecule has 0 aliphatic rings. The number of nitro groups is 1. The number of benzene rings is 1. The summed E-state index contributed by atoms with van der Waals surface area (Å²) in [5.41, 5.74) is -2.68. The van der Waals surface area contributed by atoms with Gasteiger partial charge in [0.2, 0.25) is 5.91 Å². The summed E-state index contributed by atoms with van der Waals surface area (Å²) in [7, 11) is 0. The van der Waals surface area contributed by atoms with Crippen LogP contribution in [0.2, 0.25) is 5.02 Å². The molecule has 2 heterocycles. The zero-order valence-electron chi connectivity index (χ0n) is 16.6. The highest BCUT2D eigenvalue weighted by molar-refractivity contribution is 6.32. The van der Waals surface area contributed by atoms with E-state index in [1.807, 2.05) is 0 Å². The Hall–Kier alpha value is -3.74. The van der Waals surface area contributed by atoms with Gasteiger partial charge < -0.3 is 10.1 Å². The fourth-order valence-electron chi connectivity index (χ4n) is 2.80. The summed E-state index contributed by atoms with van der Waals surface area (Å²) in [6, 6.07) is 4.96. The van der Waals surface area contributed by atoms with Crippen molar-refractivity contribution in [2.75, 3.05) is 5.32 Å². The fraction of sp³-hybridized carbons (Fsp3) is 0.211. The van der Waals surface area contributed by atoms with Crippen molar-refractivity contribution in [1.82, 2.24) is 14.8 Å². The summed E-state index contributed by atoms with van der Waals surface area (Å²) in [6.45, 7) is 1.13. The van der Waals surface area contributed by atoms with E-state index >= 15 is 0 Å². The van der Waals surface area contributed by atoms with E-state index in [2.05, 4.69) is 15.4 Å². The number of halogens is 5. The number of nitro benzene ring substituents is 1. The standard InChI is InChI=1S/C19H14ClF4N5O4/c1-9(28-16(18(23)24)14(20)15(27-28)17(21)22)19(30)26-10-5-11(29(31)32)7-13(6-10)33-12-3-2-4-25-8-12/h2-9,17-18H,1H3,(H,26,30). The first-order valence-electron chi connectivity index (χ1n) is 9.10. The van der Waals surface area contributed by atoms with Gasteiger partial charge in [0.1, 0.15) is 28.9 Å². The van der Waals surface area contributed by atoms with E-state index in [-0.39, 0.29) is 17.2 Å². The van der Waals surface area contributed by atoms with Crippen LogP contribution in [-0.2, 0) is 4.79 Å². The number of hydrogen-bond acceptors (Lipinski definition) is 6. The first-order valence-corrected chi connectivity index (χ1v) is 9.48. The lowest BCUT2D eigenvalue weighted by Gasteiger charge is -2.16. The number of carbonyl (C=O) groups is 1. The summed E-state index contributed by atoms with van der Waals surface area (Å²) >= 11 is 5.61. The highest BCUT2D eigenvalue weighted by Gasteiger charge is 2.32. The molecule has 9 nitrogen and oxygen atoms in total. The van der Waals surface area contributed by atoms with Gasteiger partial charge in [0.25, 0.3) is 18.5 Å². The normalized spacial score (nSPS) is 12.1. The second-order valence-electron chi connectivity index (χ2n) is 6.56. The number of rotatable bonds is 8. The summed E-state index contributed by atoms with van der Waals surface area (Å²) in [5, 5.41) is 16.0. The zero-order chi connectivity index (χ0) is 24.3. The largest absolute Gasteiger partial charge is 0.455 e. The van der Waals surface area contributed by atoms with Crippen LogP contribution in [0.25, 0.3) is 0 Å². The van der Waals surface area contributed by atoms with Crippen molar-refractivity contribution in [1.29, 1.82) is 0 Å². The Labute approximate surface area is 188 Å². The SMILES string of the molecule is CC(C(=O)Nc1cc(Oc2cccnc2)cc([N+](=O)[O-])c1)n1nc(C(F)F)c(Cl)c1C(F)F. The molecule has 1 aromatic carbocycles. The molecule has 174 valence electrons. The molecule has 3 rings (SSSR count). The molecular weight excluding hydrogens is 474 g/mol. The monoisotopic (exact) mass is 487 g/mol. The van der Waals surface area contributed by atoms with Gasteiger partial charge in [-0.1, -0.05) is 11.6 Å². The summed E-state index contributed by atoms with van der Waals surface area (Å²) in [6.07, 6.45) is -3.68. The number of amides is 1. The number of nitrogens with one attached hydrogen (secondary N) is 1. The van der Waals surface area contributed by atoms with Crippen LogP contribution in [0.4, 0.5) is 28.9 Å². The van der Waals surface area contributed by atoms with Gasteiger partial charge in [-0.15, -0.1) is 0 Å². The van der Waals surface area contributed by atoms with Crippen LogP contribution in [0.15, 0.2) is 42.7 Å².